The SMILES string of the molecule is CCN1CCN(c2nc3ccc(-n4cc(C(=O)O)c(=O)cc4-c4ccc(N5CCCC5)cc4)cc3s2)CC1. The number of carbonyl (C=O) groups is 1. The highest BCUT2D eigenvalue weighted by molar-refractivity contribution is 7.22. The van der Waals surface area contributed by atoms with Crippen LogP contribution in [0.3, 0.4) is 0 Å². The minimum Gasteiger partial charge on any atom is -0.477 e. The maximum Gasteiger partial charge on any atom is 0.341 e. The number of rotatable bonds is 6. The number of aromatic nitrogens is 2. The fourth-order valence-corrected chi connectivity index (χ4v) is 6.44. The van der Waals surface area contributed by atoms with Crippen LogP contribution in [-0.4, -0.2) is 71.3 Å². The van der Waals surface area contributed by atoms with Gasteiger partial charge in [0, 0.05) is 62.9 Å². The minimum absolute atomic E-state index is 0.249. The van der Waals surface area contributed by atoms with Crippen molar-refractivity contribution in [3.8, 4) is 16.9 Å². The Hall–Kier alpha value is -3.69. The number of anilines is 2. The predicted molar refractivity (Wildman–Crippen MR) is 153 cm³/mol. The third-order valence-corrected chi connectivity index (χ3v) is 8.72. The second-order valence-corrected chi connectivity index (χ2v) is 10.9. The molecule has 1 N–H and O–H groups in total. The van der Waals surface area contributed by atoms with Crippen molar-refractivity contribution in [1.29, 1.82) is 0 Å². The van der Waals surface area contributed by atoms with Crippen LogP contribution in [0, 0.1) is 0 Å². The van der Waals surface area contributed by atoms with E-state index in [-0.39, 0.29) is 5.56 Å². The van der Waals surface area contributed by atoms with Crippen molar-refractivity contribution >= 4 is 38.3 Å². The van der Waals surface area contributed by atoms with Crippen LogP contribution < -0.4 is 15.2 Å². The van der Waals surface area contributed by atoms with Gasteiger partial charge in [-0.25, -0.2) is 9.78 Å². The Balaban J connectivity index is 1.38. The van der Waals surface area contributed by atoms with Crippen molar-refractivity contribution in [1.82, 2.24) is 14.5 Å². The molecule has 9 heteroatoms. The Morgan fingerprint density at radius 3 is 2.32 bits per heavy atom. The summed E-state index contributed by atoms with van der Waals surface area (Å²) in [5.74, 6) is -1.23. The van der Waals surface area contributed by atoms with Crippen LogP contribution in [0.4, 0.5) is 10.8 Å². The largest absolute Gasteiger partial charge is 0.477 e. The summed E-state index contributed by atoms with van der Waals surface area (Å²) >= 11 is 1.65. The van der Waals surface area contributed by atoms with E-state index in [1.54, 1.807) is 11.3 Å². The Morgan fingerprint density at radius 1 is 0.921 bits per heavy atom. The van der Waals surface area contributed by atoms with Gasteiger partial charge in [0.05, 0.1) is 15.9 Å². The molecule has 0 spiro atoms. The Bertz CT molecular complexity index is 1530. The summed E-state index contributed by atoms with van der Waals surface area (Å²) in [5.41, 5.74) is 3.66. The van der Waals surface area contributed by atoms with Gasteiger partial charge in [0.25, 0.3) is 0 Å². The average Bonchev–Trinajstić information content (AvgIpc) is 3.63. The Labute approximate surface area is 225 Å². The third-order valence-electron chi connectivity index (χ3n) is 7.64. The van der Waals surface area contributed by atoms with Gasteiger partial charge in [-0.15, -0.1) is 0 Å². The molecule has 0 saturated carbocycles. The number of fused-ring (bicyclic) bond motifs is 1. The quantitative estimate of drug-likeness (QED) is 0.392. The van der Waals surface area contributed by atoms with Crippen LogP contribution in [0.25, 0.3) is 27.2 Å². The van der Waals surface area contributed by atoms with E-state index in [0.717, 1.165) is 72.4 Å². The molecule has 6 rings (SSSR count). The molecule has 0 unspecified atom stereocenters. The highest BCUT2D eigenvalue weighted by atomic mass is 32.1. The molecular weight excluding hydrogens is 498 g/mol. The molecule has 0 radical (unpaired) electrons. The summed E-state index contributed by atoms with van der Waals surface area (Å²) in [6, 6.07) is 15.6. The zero-order valence-corrected chi connectivity index (χ0v) is 22.3. The summed E-state index contributed by atoms with van der Waals surface area (Å²) in [5, 5.41) is 10.7. The van der Waals surface area contributed by atoms with E-state index in [9.17, 15) is 14.7 Å². The number of thiazole rings is 1. The molecular formula is C29H31N5O3S. The third kappa shape index (κ3) is 4.68. The van der Waals surface area contributed by atoms with Crippen LogP contribution in [0.1, 0.15) is 30.1 Å². The normalized spacial score (nSPS) is 16.4. The summed E-state index contributed by atoms with van der Waals surface area (Å²) in [4.78, 5) is 36.6. The first-order valence-electron chi connectivity index (χ1n) is 13.2. The van der Waals surface area contributed by atoms with Crippen molar-refractivity contribution in [2.75, 3.05) is 55.6 Å². The molecule has 196 valence electrons. The lowest BCUT2D eigenvalue weighted by Crippen LogP contribution is -2.46. The van der Waals surface area contributed by atoms with E-state index < -0.39 is 11.4 Å². The summed E-state index contributed by atoms with van der Waals surface area (Å²) < 4.78 is 2.84. The molecule has 2 aliphatic rings. The van der Waals surface area contributed by atoms with Gasteiger partial charge in [0.15, 0.2) is 10.6 Å². The monoisotopic (exact) mass is 529 g/mol. The molecule has 4 heterocycles. The molecule has 0 atom stereocenters. The van der Waals surface area contributed by atoms with Crippen LogP contribution >= 0.6 is 11.3 Å². The molecule has 8 nitrogen and oxygen atoms in total. The number of pyridine rings is 1. The van der Waals surface area contributed by atoms with E-state index in [2.05, 4.69) is 33.8 Å². The molecule has 38 heavy (non-hydrogen) atoms. The Kier molecular flexibility index (Phi) is 6.63. The fourth-order valence-electron chi connectivity index (χ4n) is 5.39. The predicted octanol–water partition coefficient (Wildman–Crippen LogP) is 4.55. The number of carboxylic acid groups (broad SMARTS) is 1. The number of carboxylic acids is 1. The number of hydrogen-bond donors (Lipinski definition) is 1. The molecule has 2 aromatic heterocycles. The van der Waals surface area contributed by atoms with Gasteiger partial charge in [-0.3, -0.25) is 4.79 Å². The van der Waals surface area contributed by atoms with E-state index in [0.29, 0.717) is 5.69 Å². The lowest BCUT2D eigenvalue weighted by atomic mass is 10.1. The van der Waals surface area contributed by atoms with Crippen molar-refractivity contribution < 1.29 is 9.90 Å². The van der Waals surface area contributed by atoms with Gasteiger partial charge in [-0.2, -0.15) is 0 Å². The van der Waals surface area contributed by atoms with Crippen molar-refractivity contribution in [2.45, 2.75) is 19.8 Å². The number of hydrogen-bond acceptors (Lipinski definition) is 7. The maximum atomic E-state index is 12.7. The van der Waals surface area contributed by atoms with E-state index in [1.165, 1.54) is 30.8 Å². The number of aromatic carboxylic acids is 1. The molecule has 0 amide bonds. The summed E-state index contributed by atoms with van der Waals surface area (Å²) in [6.07, 6.45) is 3.85. The van der Waals surface area contributed by atoms with Gasteiger partial charge in [0.1, 0.15) is 5.56 Å². The first kappa shape index (κ1) is 24.6. The van der Waals surface area contributed by atoms with E-state index >= 15 is 0 Å². The Morgan fingerprint density at radius 2 is 1.63 bits per heavy atom. The number of piperazine rings is 1. The fraction of sp³-hybridized carbons (Fsp3) is 0.345. The van der Waals surface area contributed by atoms with Gasteiger partial charge >= 0.3 is 5.97 Å². The minimum atomic E-state index is -1.23. The molecule has 4 aromatic rings. The van der Waals surface area contributed by atoms with Crippen LogP contribution in [-0.2, 0) is 0 Å². The van der Waals surface area contributed by atoms with Crippen LogP contribution in [0.5, 0.6) is 0 Å². The van der Waals surface area contributed by atoms with E-state index in [1.807, 2.05) is 34.9 Å². The lowest BCUT2D eigenvalue weighted by Gasteiger charge is -2.33. The van der Waals surface area contributed by atoms with Crippen LogP contribution in [0.15, 0.2) is 59.5 Å². The summed E-state index contributed by atoms with van der Waals surface area (Å²) in [7, 11) is 0. The van der Waals surface area contributed by atoms with Crippen LogP contribution in [0.2, 0.25) is 0 Å². The zero-order valence-electron chi connectivity index (χ0n) is 21.5. The number of benzene rings is 2. The van der Waals surface area contributed by atoms with Crippen molar-refractivity contribution in [3.05, 3.63) is 70.5 Å². The smallest absolute Gasteiger partial charge is 0.341 e. The standard InChI is InChI=1S/C29H31N5O3S/c1-2-31-13-15-33(16-14-31)29-30-24-10-9-22(17-27(24)38-29)34-19-23(28(36)37)26(35)18-25(34)20-5-7-21(8-6-20)32-11-3-4-12-32/h5-10,17-19H,2-4,11-16H2,1H3,(H,36,37). The zero-order chi connectivity index (χ0) is 26.2. The second kappa shape index (κ2) is 10.2. The van der Waals surface area contributed by atoms with Gasteiger partial charge in [0.2, 0.25) is 0 Å². The molecule has 0 bridgehead atoms. The first-order valence-corrected chi connectivity index (χ1v) is 14.1. The molecule has 2 saturated heterocycles. The number of nitrogens with zero attached hydrogens (tertiary/aromatic N) is 5. The highest BCUT2D eigenvalue weighted by Crippen LogP contribution is 2.33. The average molecular weight is 530 g/mol. The summed E-state index contributed by atoms with van der Waals surface area (Å²) in [6.45, 7) is 9.36. The van der Waals surface area contributed by atoms with Gasteiger partial charge in [-0.05, 0) is 55.3 Å². The molecule has 0 aliphatic carbocycles. The molecule has 2 fully saturated rings. The lowest BCUT2D eigenvalue weighted by molar-refractivity contribution is 0.0695. The van der Waals surface area contributed by atoms with Crippen molar-refractivity contribution in [3.63, 3.8) is 0 Å². The van der Waals surface area contributed by atoms with Gasteiger partial charge < -0.3 is 24.4 Å². The number of likely N-dealkylation sites (N-methyl/N-ethyl adjacent to an activating group) is 1. The topological polar surface area (TPSA) is 81.9 Å². The highest BCUT2D eigenvalue weighted by Gasteiger charge is 2.20. The molecule has 2 aliphatic heterocycles. The van der Waals surface area contributed by atoms with E-state index in [4.69, 9.17) is 4.98 Å². The first-order chi connectivity index (χ1) is 18.5. The maximum absolute atomic E-state index is 12.7. The molecule has 2 aromatic carbocycles. The van der Waals surface area contributed by atoms with Crippen molar-refractivity contribution in [2.24, 2.45) is 0 Å². The van der Waals surface area contributed by atoms with Gasteiger partial charge in [-0.1, -0.05) is 30.4 Å². The second-order valence-electron chi connectivity index (χ2n) is 9.92.